The molecule has 0 saturated carbocycles. The van der Waals surface area contributed by atoms with Crippen molar-refractivity contribution in [3.63, 3.8) is 0 Å². The van der Waals surface area contributed by atoms with E-state index >= 15 is 0 Å². The normalized spacial score (nSPS) is 10.7. The zero-order valence-corrected chi connectivity index (χ0v) is 13.7. The van der Waals surface area contributed by atoms with Gasteiger partial charge in [-0.3, -0.25) is 9.59 Å². The first kappa shape index (κ1) is 17.7. The van der Waals surface area contributed by atoms with Gasteiger partial charge in [-0.25, -0.2) is 4.39 Å². The van der Waals surface area contributed by atoms with Crippen LogP contribution >= 0.6 is 11.8 Å². The van der Waals surface area contributed by atoms with Gasteiger partial charge in [-0.05, 0) is 35.9 Å². The Bertz CT molecular complexity index is 745. The summed E-state index contributed by atoms with van der Waals surface area (Å²) in [7, 11) is 0. The summed E-state index contributed by atoms with van der Waals surface area (Å²) in [6.45, 7) is 0. The highest BCUT2D eigenvalue weighted by Crippen LogP contribution is 2.27. The Morgan fingerprint density at radius 2 is 1.83 bits per heavy atom. The Morgan fingerprint density at radius 3 is 2.54 bits per heavy atom. The number of benzene rings is 2. The Morgan fingerprint density at radius 1 is 1.12 bits per heavy atom. The number of rotatable bonds is 7. The lowest BCUT2D eigenvalue weighted by Crippen LogP contribution is -2.11. The van der Waals surface area contributed by atoms with Crippen LogP contribution < -0.4 is 11.1 Å². The smallest absolute Gasteiger partial charge is 0.248 e. The Hall–Kier alpha value is -2.60. The highest BCUT2D eigenvalue weighted by atomic mass is 32.2. The second kappa shape index (κ2) is 8.88. The summed E-state index contributed by atoms with van der Waals surface area (Å²) in [6.07, 6.45) is 3.27. The maximum atomic E-state index is 12.8. The standard InChI is InChI=1S/C18H17FN2O2S/c19-14-8-5-13(6-9-14)7-10-18(23)21-15-3-1-2-4-16(15)24-12-11-17(20)22/h1-10H,11-12H2,(H2,20,22)(H,21,23)/b10-7-. The van der Waals surface area contributed by atoms with Crippen molar-refractivity contribution in [3.8, 4) is 0 Å². The summed E-state index contributed by atoms with van der Waals surface area (Å²) in [4.78, 5) is 23.7. The van der Waals surface area contributed by atoms with Crippen molar-refractivity contribution >= 4 is 35.3 Å². The number of thioether (sulfide) groups is 1. The van der Waals surface area contributed by atoms with Crippen molar-refractivity contribution in [1.82, 2.24) is 0 Å². The quantitative estimate of drug-likeness (QED) is 0.597. The molecule has 0 aliphatic heterocycles. The van der Waals surface area contributed by atoms with E-state index in [1.165, 1.54) is 30.0 Å². The van der Waals surface area contributed by atoms with Crippen LogP contribution in [0.1, 0.15) is 12.0 Å². The zero-order chi connectivity index (χ0) is 17.4. The summed E-state index contributed by atoms with van der Waals surface area (Å²) in [6, 6.07) is 13.2. The van der Waals surface area contributed by atoms with Gasteiger partial charge < -0.3 is 11.1 Å². The molecule has 3 N–H and O–H groups in total. The molecule has 0 saturated heterocycles. The van der Waals surface area contributed by atoms with E-state index in [9.17, 15) is 14.0 Å². The minimum atomic E-state index is -0.355. The van der Waals surface area contributed by atoms with E-state index in [4.69, 9.17) is 5.73 Å². The lowest BCUT2D eigenvalue weighted by molar-refractivity contribution is -0.117. The van der Waals surface area contributed by atoms with Crippen LogP contribution in [-0.2, 0) is 9.59 Å². The number of hydrogen-bond acceptors (Lipinski definition) is 3. The SMILES string of the molecule is NC(=O)CCSc1ccccc1NC(=O)/C=C\c1ccc(F)cc1. The van der Waals surface area contributed by atoms with Crippen LogP contribution in [-0.4, -0.2) is 17.6 Å². The predicted octanol–water partition coefficient (Wildman–Crippen LogP) is 3.45. The number of carbonyl (C=O) groups excluding carboxylic acids is 2. The molecule has 0 aliphatic carbocycles. The van der Waals surface area contributed by atoms with E-state index in [0.717, 1.165) is 10.5 Å². The summed E-state index contributed by atoms with van der Waals surface area (Å²) in [5.74, 6) is -0.416. The molecule has 24 heavy (non-hydrogen) atoms. The second-order valence-corrected chi connectivity index (χ2v) is 6.07. The number of anilines is 1. The fourth-order valence-corrected chi connectivity index (χ4v) is 2.85. The maximum absolute atomic E-state index is 12.8. The van der Waals surface area contributed by atoms with Gasteiger partial charge in [0.05, 0.1) is 5.69 Å². The van der Waals surface area contributed by atoms with E-state index < -0.39 is 0 Å². The number of carbonyl (C=O) groups is 2. The molecular formula is C18H17FN2O2S. The van der Waals surface area contributed by atoms with Gasteiger partial charge >= 0.3 is 0 Å². The molecule has 0 aliphatic rings. The number of nitrogens with one attached hydrogen (secondary N) is 1. The topological polar surface area (TPSA) is 72.2 Å². The zero-order valence-electron chi connectivity index (χ0n) is 12.9. The van der Waals surface area contributed by atoms with E-state index in [2.05, 4.69) is 5.32 Å². The van der Waals surface area contributed by atoms with Crippen molar-refractivity contribution in [2.45, 2.75) is 11.3 Å². The van der Waals surface area contributed by atoms with Crippen LogP contribution in [0.5, 0.6) is 0 Å². The maximum Gasteiger partial charge on any atom is 0.248 e. The van der Waals surface area contributed by atoms with Gasteiger partial charge in [-0.1, -0.05) is 24.3 Å². The molecule has 4 nitrogen and oxygen atoms in total. The van der Waals surface area contributed by atoms with Crippen LogP contribution in [0, 0.1) is 5.82 Å². The minimum absolute atomic E-state index is 0.275. The number of nitrogens with two attached hydrogens (primary N) is 1. The van der Waals surface area contributed by atoms with Crippen molar-refractivity contribution in [2.24, 2.45) is 5.73 Å². The fourth-order valence-electron chi connectivity index (χ4n) is 1.88. The Balaban J connectivity index is 1.98. The van der Waals surface area contributed by atoms with Gasteiger partial charge in [-0.2, -0.15) is 0 Å². The molecule has 0 spiro atoms. The van der Waals surface area contributed by atoms with Crippen molar-refractivity contribution < 1.29 is 14.0 Å². The number of halogens is 1. The lowest BCUT2D eigenvalue weighted by atomic mass is 10.2. The molecule has 0 fully saturated rings. The van der Waals surface area contributed by atoms with Gasteiger partial charge in [0, 0.05) is 23.1 Å². The van der Waals surface area contributed by atoms with Crippen LogP contribution in [0.25, 0.3) is 6.08 Å². The largest absolute Gasteiger partial charge is 0.370 e. The average molecular weight is 344 g/mol. The second-order valence-electron chi connectivity index (χ2n) is 4.94. The van der Waals surface area contributed by atoms with E-state index in [1.807, 2.05) is 18.2 Å². The number of hydrogen-bond donors (Lipinski definition) is 2. The van der Waals surface area contributed by atoms with Gasteiger partial charge in [0.15, 0.2) is 0 Å². The third-order valence-corrected chi connectivity index (χ3v) is 4.12. The van der Waals surface area contributed by atoms with Gasteiger partial charge in [0.2, 0.25) is 11.8 Å². The summed E-state index contributed by atoms with van der Waals surface area (Å²) >= 11 is 1.45. The molecule has 0 unspecified atom stereocenters. The summed E-state index contributed by atoms with van der Waals surface area (Å²) < 4.78 is 12.8. The molecule has 0 aromatic heterocycles. The van der Waals surface area contributed by atoms with Crippen LogP contribution in [0.3, 0.4) is 0 Å². The minimum Gasteiger partial charge on any atom is -0.370 e. The van der Waals surface area contributed by atoms with Crippen LogP contribution in [0.2, 0.25) is 0 Å². The first-order valence-electron chi connectivity index (χ1n) is 7.29. The monoisotopic (exact) mass is 344 g/mol. The molecule has 6 heteroatoms. The van der Waals surface area contributed by atoms with Gasteiger partial charge in [0.1, 0.15) is 5.82 Å². The molecule has 2 amide bonds. The molecule has 124 valence electrons. The van der Waals surface area contributed by atoms with Crippen LogP contribution in [0.15, 0.2) is 59.5 Å². The highest BCUT2D eigenvalue weighted by molar-refractivity contribution is 7.99. The number of primary amides is 1. The van der Waals surface area contributed by atoms with Gasteiger partial charge in [-0.15, -0.1) is 11.8 Å². The average Bonchev–Trinajstić information content (AvgIpc) is 2.55. The molecule has 0 radical (unpaired) electrons. The van der Waals surface area contributed by atoms with E-state index in [0.29, 0.717) is 11.4 Å². The first-order chi connectivity index (χ1) is 11.5. The Kier molecular flexibility index (Phi) is 6.57. The van der Waals surface area contributed by atoms with Gasteiger partial charge in [0.25, 0.3) is 0 Å². The van der Waals surface area contributed by atoms with Crippen LogP contribution in [0.4, 0.5) is 10.1 Å². The Labute approximate surface area is 143 Å². The van der Waals surface area contributed by atoms with E-state index in [1.54, 1.807) is 24.3 Å². The first-order valence-corrected chi connectivity index (χ1v) is 8.28. The third-order valence-electron chi connectivity index (χ3n) is 3.05. The summed E-state index contributed by atoms with van der Waals surface area (Å²) in [5, 5.41) is 2.79. The fraction of sp³-hybridized carbons (Fsp3) is 0.111. The molecule has 2 rings (SSSR count). The predicted molar refractivity (Wildman–Crippen MR) is 95.0 cm³/mol. The molecule has 0 atom stereocenters. The van der Waals surface area contributed by atoms with E-state index in [-0.39, 0.29) is 24.1 Å². The molecular weight excluding hydrogens is 327 g/mol. The number of amides is 2. The molecule has 2 aromatic carbocycles. The third kappa shape index (κ3) is 5.89. The molecule has 2 aromatic rings. The number of para-hydroxylation sites is 1. The summed E-state index contributed by atoms with van der Waals surface area (Å²) in [5.41, 5.74) is 6.52. The van der Waals surface area contributed by atoms with Crippen molar-refractivity contribution in [3.05, 3.63) is 66.0 Å². The molecule has 0 bridgehead atoms. The van der Waals surface area contributed by atoms with Crippen molar-refractivity contribution in [2.75, 3.05) is 11.1 Å². The van der Waals surface area contributed by atoms with Crippen molar-refractivity contribution in [1.29, 1.82) is 0 Å². The molecule has 0 heterocycles. The highest BCUT2D eigenvalue weighted by Gasteiger charge is 2.05. The lowest BCUT2D eigenvalue weighted by Gasteiger charge is -2.08.